The second-order valence-corrected chi connectivity index (χ2v) is 8.70. The molecule has 0 aliphatic rings. The normalized spacial score (nSPS) is 12.5. The number of nitrogens with two attached hydrogens (primary N) is 1. The number of hydrogen-bond donors (Lipinski definition) is 2. The maximum Gasteiger partial charge on any atom is 0.238 e. The molecular formula is C22H22ClNO4S. The zero-order valence-electron chi connectivity index (χ0n) is 15.7. The van der Waals surface area contributed by atoms with Crippen molar-refractivity contribution in [1.82, 2.24) is 0 Å². The minimum Gasteiger partial charge on any atom is -0.489 e. The lowest BCUT2D eigenvalue weighted by Gasteiger charge is -2.18. The van der Waals surface area contributed by atoms with E-state index in [0.717, 1.165) is 16.9 Å². The van der Waals surface area contributed by atoms with Crippen LogP contribution in [0.25, 0.3) is 0 Å². The van der Waals surface area contributed by atoms with Gasteiger partial charge in [-0.05, 0) is 53.4 Å². The van der Waals surface area contributed by atoms with Crippen LogP contribution in [-0.2, 0) is 23.1 Å². The Morgan fingerprint density at radius 1 is 0.966 bits per heavy atom. The average molecular weight is 432 g/mol. The molecule has 0 heterocycles. The second kappa shape index (κ2) is 9.41. The van der Waals surface area contributed by atoms with E-state index >= 15 is 0 Å². The number of aliphatic hydroxyl groups is 1. The first kappa shape index (κ1) is 21.3. The van der Waals surface area contributed by atoms with E-state index in [1.165, 1.54) is 12.1 Å². The van der Waals surface area contributed by atoms with E-state index in [2.05, 4.69) is 0 Å². The molecule has 0 aromatic heterocycles. The van der Waals surface area contributed by atoms with Gasteiger partial charge in [-0.1, -0.05) is 54.1 Å². The molecule has 5 nitrogen and oxygen atoms in total. The fraction of sp³-hybridized carbons (Fsp3) is 0.182. The molecule has 0 fully saturated rings. The highest BCUT2D eigenvalue weighted by Crippen LogP contribution is 2.29. The molecule has 0 amide bonds. The molecule has 0 saturated carbocycles. The SMILES string of the molecule is NS(=O)(=O)c1ccc(Cl)cc1[C@@H](CO)Cc1ccc(OCc2ccccc2)cc1. The lowest BCUT2D eigenvalue weighted by Crippen LogP contribution is -2.18. The largest absolute Gasteiger partial charge is 0.489 e. The fourth-order valence-corrected chi connectivity index (χ4v) is 4.11. The highest BCUT2D eigenvalue weighted by molar-refractivity contribution is 7.89. The molecule has 0 aliphatic heterocycles. The van der Waals surface area contributed by atoms with Crippen molar-refractivity contribution < 1.29 is 18.3 Å². The molecule has 29 heavy (non-hydrogen) atoms. The van der Waals surface area contributed by atoms with Crippen LogP contribution in [0.1, 0.15) is 22.6 Å². The van der Waals surface area contributed by atoms with Crippen molar-refractivity contribution >= 4 is 21.6 Å². The molecule has 3 rings (SSSR count). The molecular weight excluding hydrogens is 410 g/mol. The van der Waals surface area contributed by atoms with Crippen molar-refractivity contribution in [1.29, 1.82) is 0 Å². The molecule has 0 saturated heterocycles. The highest BCUT2D eigenvalue weighted by Gasteiger charge is 2.21. The molecule has 0 unspecified atom stereocenters. The van der Waals surface area contributed by atoms with Crippen LogP contribution in [0.5, 0.6) is 5.75 Å². The van der Waals surface area contributed by atoms with E-state index in [-0.39, 0.29) is 11.5 Å². The van der Waals surface area contributed by atoms with Gasteiger partial charge >= 0.3 is 0 Å². The molecule has 0 bridgehead atoms. The van der Waals surface area contributed by atoms with Crippen molar-refractivity contribution in [2.75, 3.05) is 6.61 Å². The Hall–Kier alpha value is -2.38. The first-order valence-electron chi connectivity index (χ1n) is 9.05. The van der Waals surface area contributed by atoms with Gasteiger partial charge in [0.15, 0.2) is 0 Å². The standard InChI is InChI=1S/C22H22ClNO4S/c23-19-8-11-22(29(24,26)27)21(13-19)18(14-25)12-16-6-9-20(10-7-16)28-15-17-4-2-1-3-5-17/h1-11,13,18,25H,12,14-15H2,(H2,24,26,27)/t18-/m1/s1. The van der Waals surface area contributed by atoms with Crippen molar-refractivity contribution in [2.45, 2.75) is 23.8 Å². The summed E-state index contributed by atoms with van der Waals surface area (Å²) in [5.41, 5.74) is 2.41. The molecule has 3 N–H and O–H groups in total. The van der Waals surface area contributed by atoms with Crippen molar-refractivity contribution in [3.8, 4) is 5.75 Å². The summed E-state index contributed by atoms with van der Waals surface area (Å²) >= 11 is 6.04. The molecule has 152 valence electrons. The van der Waals surface area contributed by atoms with Crippen LogP contribution in [0.2, 0.25) is 5.02 Å². The second-order valence-electron chi connectivity index (χ2n) is 6.73. The Kier molecular flexibility index (Phi) is 6.92. The van der Waals surface area contributed by atoms with Gasteiger partial charge in [0, 0.05) is 10.9 Å². The zero-order chi connectivity index (χ0) is 20.9. The summed E-state index contributed by atoms with van der Waals surface area (Å²) < 4.78 is 29.6. The van der Waals surface area contributed by atoms with E-state index in [0.29, 0.717) is 23.6 Å². The molecule has 0 radical (unpaired) electrons. The maximum absolute atomic E-state index is 11.9. The van der Waals surface area contributed by atoms with Crippen LogP contribution in [-0.4, -0.2) is 20.1 Å². The third-order valence-electron chi connectivity index (χ3n) is 4.59. The third-order valence-corrected chi connectivity index (χ3v) is 5.81. The third kappa shape index (κ3) is 5.81. The van der Waals surface area contributed by atoms with Gasteiger partial charge < -0.3 is 9.84 Å². The van der Waals surface area contributed by atoms with Gasteiger partial charge in [-0.3, -0.25) is 0 Å². The van der Waals surface area contributed by atoms with E-state index in [4.69, 9.17) is 21.5 Å². The summed E-state index contributed by atoms with van der Waals surface area (Å²) in [5, 5.41) is 15.6. The van der Waals surface area contributed by atoms with Crippen LogP contribution in [0.15, 0.2) is 77.7 Å². The molecule has 3 aromatic carbocycles. The van der Waals surface area contributed by atoms with Crippen molar-refractivity contribution in [3.63, 3.8) is 0 Å². The van der Waals surface area contributed by atoms with Crippen LogP contribution >= 0.6 is 11.6 Å². The van der Waals surface area contributed by atoms with Gasteiger partial charge in [-0.25, -0.2) is 13.6 Å². The van der Waals surface area contributed by atoms with Gasteiger partial charge in [0.25, 0.3) is 0 Å². The number of sulfonamides is 1. The van der Waals surface area contributed by atoms with E-state index in [1.54, 1.807) is 6.07 Å². The van der Waals surface area contributed by atoms with Gasteiger partial charge in [0.1, 0.15) is 12.4 Å². The Balaban J connectivity index is 1.74. The average Bonchev–Trinajstić information content (AvgIpc) is 2.71. The van der Waals surface area contributed by atoms with Crippen molar-refractivity contribution in [3.05, 3.63) is 94.5 Å². The van der Waals surface area contributed by atoms with Crippen molar-refractivity contribution in [2.24, 2.45) is 5.14 Å². The van der Waals surface area contributed by atoms with Crippen LogP contribution in [0.3, 0.4) is 0 Å². The molecule has 0 spiro atoms. The first-order valence-corrected chi connectivity index (χ1v) is 11.0. The number of rotatable bonds is 8. The van der Waals surface area contributed by atoms with Gasteiger partial charge in [-0.15, -0.1) is 0 Å². The summed E-state index contributed by atoms with van der Waals surface area (Å²) in [6, 6.07) is 21.7. The predicted octanol–water partition coefficient (Wildman–Crippen LogP) is 3.89. The van der Waals surface area contributed by atoms with Gasteiger partial charge in [-0.2, -0.15) is 0 Å². The number of ether oxygens (including phenoxy) is 1. The fourth-order valence-electron chi connectivity index (χ4n) is 3.12. The molecule has 3 aromatic rings. The number of hydrogen-bond acceptors (Lipinski definition) is 4. The quantitative estimate of drug-likeness (QED) is 0.566. The number of aliphatic hydroxyl groups excluding tert-OH is 1. The number of halogens is 1. The summed E-state index contributed by atoms with van der Waals surface area (Å²) in [6.45, 7) is 0.231. The molecule has 7 heteroatoms. The monoisotopic (exact) mass is 431 g/mol. The Morgan fingerprint density at radius 3 is 2.28 bits per heavy atom. The van der Waals surface area contributed by atoms with Crippen LogP contribution in [0, 0.1) is 0 Å². The van der Waals surface area contributed by atoms with Crippen LogP contribution < -0.4 is 9.88 Å². The lowest BCUT2D eigenvalue weighted by atomic mass is 9.92. The summed E-state index contributed by atoms with van der Waals surface area (Å²) in [6.07, 6.45) is 0.429. The Labute approximate surface area is 175 Å². The minimum absolute atomic E-state index is 0.0243. The van der Waals surface area contributed by atoms with E-state index < -0.39 is 15.9 Å². The summed E-state index contributed by atoms with van der Waals surface area (Å²) in [4.78, 5) is -0.0243. The topological polar surface area (TPSA) is 89.6 Å². The summed E-state index contributed by atoms with van der Waals surface area (Å²) in [5.74, 6) is 0.268. The van der Waals surface area contributed by atoms with E-state index in [9.17, 15) is 13.5 Å². The molecule has 0 aliphatic carbocycles. The zero-order valence-corrected chi connectivity index (χ0v) is 17.2. The maximum atomic E-state index is 11.9. The van der Waals surface area contributed by atoms with Gasteiger partial charge in [0.05, 0.1) is 11.5 Å². The lowest BCUT2D eigenvalue weighted by molar-refractivity contribution is 0.263. The predicted molar refractivity (Wildman–Crippen MR) is 114 cm³/mol. The Morgan fingerprint density at radius 2 is 1.66 bits per heavy atom. The number of benzene rings is 3. The number of primary sulfonamides is 1. The molecule has 1 atom stereocenters. The van der Waals surface area contributed by atoms with E-state index in [1.807, 2.05) is 54.6 Å². The first-order chi connectivity index (χ1) is 13.9. The smallest absolute Gasteiger partial charge is 0.238 e. The minimum atomic E-state index is -3.93. The van der Waals surface area contributed by atoms with Gasteiger partial charge in [0.2, 0.25) is 10.0 Å². The highest BCUT2D eigenvalue weighted by atomic mass is 35.5. The Bertz CT molecular complexity index is 1050. The summed E-state index contributed by atoms with van der Waals surface area (Å²) in [7, 11) is -3.93. The van der Waals surface area contributed by atoms with Crippen LogP contribution in [0.4, 0.5) is 0 Å².